The van der Waals surface area contributed by atoms with Crippen molar-refractivity contribution in [2.24, 2.45) is 0 Å². The summed E-state index contributed by atoms with van der Waals surface area (Å²) < 4.78 is 47.8. The van der Waals surface area contributed by atoms with Crippen LogP contribution in [0, 0.1) is 0 Å². The summed E-state index contributed by atoms with van der Waals surface area (Å²) in [5.74, 6) is -1.38. The van der Waals surface area contributed by atoms with Gasteiger partial charge in [-0.1, -0.05) is 18.2 Å². The number of nitrogens with zero attached hydrogens (tertiary/aromatic N) is 1. The van der Waals surface area contributed by atoms with Crippen LogP contribution in [0.15, 0.2) is 24.3 Å². The lowest BCUT2D eigenvalue weighted by Gasteiger charge is -2.22. The molecule has 0 amide bonds. The average molecular weight is 301 g/mol. The van der Waals surface area contributed by atoms with Gasteiger partial charge in [-0.15, -0.1) is 0 Å². The van der Waals surface area contributed by atoms with Crippen LogP contribution in [0.1, 0.15) is 5.56 Å². The number of benzene rings is 1. The van der Waals surface area contributed by atoms with Crippen LogP contribution in [-0.2, 0) is 25.1 Å². The quantitative estimate of drug-likeness (QED) is 0.704. The normalized spacial score (nSPS) is 17.8. The van der Waals surface area contributed by atoms with E-state index in [2.05, 4.69) is 0 Å². The van der Waals surface area contributed by atoms with Crippen molar-refractivity contribution in [2.45, 2.75) is 6.18 Å². The Labute approximate surface area is 118 Å². The zero-order chi connectivity index (χ0) is 15.6. The van der Waals surface area contributed by atoms with Gasteiger partial charge in [0.25, 0.3) is 0 Å². The van der Waals surface area contributed by atoms with Crippen LogP contribution in [0.25, 0.3) is 0 Å². The molecule has 2 rings (SSSR count). The third-order valence-electron chi connectivity index (χ3n) is 2.76. The minimum absolute atomic E-state index is 0.0453. The highest BCUT2D eigenvalue weighted by Gasteiger charge is 2.36. The molecule has 0 radical (unpaired) electrons. The van der Waals surface area contributed by atoms with Crippen molar-refractivity contribution >= 4 is 24.5 Å². The Morgan fingerprint density at radius 1 is 1.14 bits per heavy atom. The van der Waals surface area contributed by atoms with Crippen molar-refractivity contribution in [3.05, 3.63) is 29.8 Å². The van der Waals surface area contributed by atoms with Gasteiger partial charge in [0.2, 0.25) is 0 Å². The molecule has 1 aliphatic rings. The van der Waals surface area contributed by atoms with Crippen LogP contribution in [-0.4, -0.2) is 44.1 Å². The van der Waals surface area contributed by atoms with Gasteiger partial charge in [-0.05, 0) is 13.1 Å². The molecule has 0 unspecified atom stereocenters. The Morgan fingerprint density at radius 3 is 2.24 bits per heavy atom. The van der Waals surface area contributed by atoms with E-state index < -0.39 is 30.8 Å². The largest absolute Gasteiger partial charge is 0.636 e. The fourth-order valence-corrected chi connectivity index (χ4v) is 1.83. The van der Waals surface area contributed by atoms with Gasteiger partial charge < -0.3 is 9.31 Å². The maximum absolute atomic E-state index is 12.7. The SMILES string of the molecule is CN1CC(=O)OB(c2cccc(C(F)(F)F)c2)OC(=O)C1. The third-order valence-corrected chi connectivity index (χ3v) is 2.76. The van der Waals surface area contributed by atoms with Crippen molar-refractivity contribution in [3.8, 4) is 0 Å². The van der Waals surface area contributed by atoms with E-state index in [9.17, 15) is 22.8 Å². The first-order valence-corrected chi connectivity index (χ1v) is 6.00. The number of carbonyl (C=O) groups excluding carboxylic acids is 2. The molecule has 1 aromatic carbocycles. The maximum Gasteiger partial charge on any atom is 0.636 e. The second-order valence-electron chi connectivity index (χ2n) is 4.61. The molecule has 1 fully saturated rings. The topological polar surface area (TPSA) is 55.8 Å². The monoisotopic (exact) mass is 301 g/mol. The molecule has 1 saturated heterocycles. The van der Waals surface area contributed by atoms with Crippen molar-refractivity contribution in [1.29, 1.82) is 0 Å². The predicted octanol–water partition coefficient (Wildman–Crippen LogP) is 0.432. The maximum atomic E-state index is 12.7. The summed E-state index contributed by atoms with van der Waals surface area (Å²) in [4.78, 5) is 24.5. The molecule has 112 valence electrons. The molecule has 0 atom stereocenters. The molecule has 0 spiro atoms. The molecule has 1 aliphatic heterocycles. The first kappa shape index (κ1) is 15.4. The molecular formula is C12H11BF3NO4. The van der Waals surface area contributed by atoms with Gasteiger partial charge in [-0.2, -0.15) is 13.2 Å². The van der Waals surface area contributed by atoms with Gasteiger partial charge in [0.05, 0.1) is 18.7 Å². The van der Waals surface area contributed by atoms with E-state index in [-0.39, 0.29) is 18.6 Å². The fraction of sp³-hybridized carbons (Fsp3) is 0.333. The van der Waals surface area contributed by atoms with Crippen molar-refractivity contribution in [3.63, 3.8) is 0 Å². The molecule has 0 aromatic heterocycles. The van der Waals surface area contributed by atoms with Gasteiger partial charge in [0, 0.05) is 5.46 Å². The Bertz CT molecular complexity index is 544. The summed E-state index contributed by atoms with van der Waals surface area (Å²) in [5, 5.41) is 0. The molecule has 0 aliphatic carbocycles. The molecular weight excluding hydrogens is 290 g/mol. The number of hydrogen-bond donors (Lipinski definition) is 0. The van der Waals surface area contributed by atoms with Gasteiger partial charge >= 0.3 is 25.2 Å². The van der Waals surface area contributed by atoms with E-state index >= 15 is 0 Å². The smallest absolute Gasteiger partial charge is 0.494 e. The Balaban J connectivity index is 2.27. The van der Waals surface area contributed by atoms with E-state index in [1.54, 1.807) is 0 Å². The number of carbonyl (C=O) groups is 2. The summed E-state index contributed by atoms with van der Waals surface area (Å²) in [6.07, 6.45) is -4.54. The average Bonchev–Trinajstić information content (AvgIpc) is 2.35. The van der Waals surface area contributed by atoms with Crippen molar-refractivity contribution in [2.75, 3.05) is 20.1 Å². The number of alkyl halides is 3. The van der Waals surface area contributed by atoms with Crippen LogP contribution < -0.4 is 5.46 Å². The molecule has 0 saturated carbocycles. The van der Waals surface area contributed by atoms with Crippen LogP contribution in [0.5, 0.6) is 0 Å². The Kier molecular flexibility index (Phi) is 4.22. The highest BCUT2D eigenvalue weighted by atomic mass is 19.4. The standard InChI is InChI=1S/C12H11BF3NO4/c1-17-6-10(18)20-13(21-11(19)7-17)9-4-2-3-8(5-9)12(14,15)16/h2-5H,6-7H2,1H3. The molecule has 1 aromatic rings. The molecule has 9 heteroatoms. The molecule has 0 bridgehead atoms. The highest BCUT2D eigenvalue weighted by Crippen LogP contribution is 2.28. The predicted molar refractivity (Wildman–Crippen MR) is 66.5 cm³/mol. The van der Waals surface area contributed by atoms with Gasteiger partial charge in [0.15, 0.2) is 0 Å². The first-order valence-electron chi connectivity index (χ1n) is 6.00. The van der Waals surface area contributed by atoms with E-state index in [0.717, 1.165) is 18.2 Å². The molecule has 0 N–H and O–H groups in total. The van der Waals surface area contributed by atoms with Gasteiger partial charge in [0.1, 0.15) is 0 Å². The minimum Gasteiger partial charge on any atom is -0.494 e. The molecule has 5 nitrogen and oxygen atoms in total. The van der Waals surface area contributed by atoms with E-state index in [1.807, 2.05) is 0 Å². The van der Waals surface area contributed by atoms with E-state index in [1.165, 1.54) is 18.0 Å². The lowest BCUT2D eigenvalue weighted by Crippen LogP contribution is -2.48. The fourth-order valence-electron chi connectivity index (χ4n) is 1.83. The number of halogens is 3. The van der Waals surface area contributed by atoms with E-state index in [0.29, 0.717) is 0 Å². The van der Waals surface area contributed by atoms with Crippen LogP contribution >= 0.6 is 0 Å². The second-order valence-corrected chi connectivity index (χ2v) is 4.61. The zero-order valence-electron chi connectivity index (χ0n) is 11.0. The summed E-state index contributed by atoms with van der Waals surface area (Å²) in [6.45, 7) is -0.297. The second kappa shape index (κ2) is 5.76. The third kappa shape index (κ3) is 3.97. The van der Waals surface area contributed by atoms with E-state index in [4.69, 9.17) is 9.31 Å². The van der Waals surface area contributed by atoms with Gasteiger partial charge in [-0.25, -0.2) is 0 Å². The van der Waals surface area contributed by atoms with Gasteiger partial charge in [-0.3, -0.25) is 14.5 Å². The Hall–Kier alpha value is -2.03. The number of likely N-dealkylation sites (N-methyl/N-ethyl adjacent to an activating group) is 1. The summed E-state index contributed by atoms with van der Waals surface area (Å²) in [7, 11) is 0.0497. The number of rotatable bonds is 1. The lowest BCUT2D eigenvalue weighted by molar-refractivity contribution is -0.145. The molecule has 1 heterocycles. The first-order chi connectivity index (χ1) is 9.75. The summed E-state index contributed by atoms with van der Waals surface area (Å²) >= 11 is 0. The summed E-state index contributed by atoms with van der Waals surface area (Å²) in [6, 6.07) is 4.12. The lowest BCUT2D eigenvalue weighted by atomic mass is 9.77. The zero-order valence-corrected chi connectivity index (χ0v) is 11.0. The summed E-state index contributed by atoms with van der Waals surface area (Å²) in [5.41, 5.74) is -0.956. The van der Waals surface area contributed by atoms with Crippen molar-refractivity contribution in [1.82, 2.24) is 4.90 Å². The minimum atomic E-state index is -4.54. The Morgan fingerprint density at radius 2 is 1.71 bits per heavy atom. The van der Waals surface area contributed by atoms with Crippen LogP contribution in [0.2, 0.25) is 0 Å². The van der Waals surface area contributed by atoms with Crippen LogP contribution in [0.3, 0.4) is 0 Å². The van der Waals surface area contributed by atoms with Crippen molar-refractivity contribution < 1.29 is 32.1 Å². The molecule has 21 heavy (non-hydrogen) atoms. The van der Waals surface area contributed by atoms with Crippen LogP contribution in [0.4, 0.5) is 13.2 Å². The highest BCUT2D eigenvalue weighted by molar-refractivity contribution is 6.64. The number of hydrogen-bond acceptors (Lipinski definition) is 5.